The summed E-state index contributed by atoms with van der Waals surface area (Å²) < 4.78 is 0. The molecule has 0 amide bonds. The normalized spacial score (nSPS) is 27.5. The van der Waals surface area contributed by atoms with Crippen LogP contribution in [0.5, 0.6) is 0 Å². The molecule has 2 aliphatic rings. The Kier molecular flexibility index (Phi) is 5.58. The van der Waals surface area contributed by atoms with Gasteiger partial charge in [-0.3, -0.25) is 0 Å². The zero-order valence-electron chi connectivity index (χ0n) is 11.7. The Morgan fingerprint density at radius 2 is 1.25 bits per heavy atom. The number of rotatable bonds is 2. The highest BCUT2D eigenvalue weighted by Crippen LogP contribution is 2.49. The molecule has 2 aliphatic carbocycles. The average molecular weight is 377 g/mol. The van der Waals surface area contributed by atoms with E-state index in [9.17, 15) is 0 Å². The number of thiocarbonyl (C=S) groups is 2. The van der Waals surface area contributed by atoms with Gasteiger partial charge < -0.3 is 0 Å². The minimum atomic E-state index is -0.0575. The molecule has 0 saturated heterocycles. The van der Waals surface area contributed by atoms with Gasteiger partial charge in [0.2, 0.25) is 0 Å². The van der Waals surface area contributed by atoms with Crippen LogP contribution < -0.4 is 0 Å². The molecule has 1 saturated carbocycles. The zero-order valence-corrected chi connectivity index (χ0v) is 16.7. The molecular weight excluding hydrogens is 361 g/mol. The molecule has 0 aromatic carbocycles. The fraction of sp³-hybridized carbons (Fsp3) is 0.429. The quantitative estimate of drug-likeness (QED) is 0.398. The first-order chi connectivity index (χ1) is 9.36. The van der Waals surface area contributed by atoms with Crippen molar-refractivity contribution >= 4 is 82.9 Å². The summed E-state index contributed by atoms with van der Waals surface area (Å²) in [6.07, 6.45) is 4.22. The highest BCUT2D eigenvalue weighted by atomic mass is 32.2. The van der Waals surface area contributed by atoms with Crippen LogP contribution in [-0.2, 0) is 0 Å². The first kappa shape index (κ1) is 17.2. The molecule has 0 bridgehead atoms. The maximum Gasteiger partial charge on any atom is 0.0541 e. The number of allylic oxidation sites excluding steroid dienone is 4. The van der Waals surface area contributed by atoms with Gasteiger partial charge in [0.1, 0.15) is 0 Å². The minimum Gasteiger partial charge on any atom is -0.169 e. The van der Waals surface area contributed by atoms with Crippen LogP contribution in [0.1, 0.15) is 13.8 Å². The van der Waals surface area contributed by atoms with Crippen molar-refractivity contribution in [2.24, 2.45) is 0 Å². The first-order valence-corrected chi connectivity index (χ1v) is 10.4. The highest BCUT2D eigenvalue weighted by molar-refractivity contribution is 8.06. The Morgan fingerprint density at radius 3 is 1.65 bits per heavy atom. The van der Waals surface area contributed by atoms with Crippen molar-refractivity contribution in [1.29, 1.82) is 0 Å². The summed E-state index contributed by atoms with van der Waals surface area (Å²) in [5, 5.41) is -0.115. The summed E-state index contributed by atoms with van der Waals surface area (Å²) in [5.41, 5.74) is 4.85. The van der Waals surface area contributed by atoms with Crippen molar-refractivity contribution < 1.29 is 0 Å². The van der Waals surface area contributed by atoms with E-state index < -0.39 is 0 Å². The lowest BCUT2D eigenvalue weighted by molar-refractivity contribution is 1.30. The summed E-state index contributed by atoms with van der Waals surface area (Å²) in [7, 11) is 0. The first-order valence-electron chi connectivity index (χ1n) is 6.06. The van der Waals surface area contributed by atoms with Crippen LogP contribution in [0.4, 0.5) is 0 Å². The molecule has 0 aromatic heterocycles. The van der Waals surface area contributed by atoms with E-state index >= 15 is 0 Å². The Bertz CT molecular complexity index is 571. The molecule has 0 heterocycles. The van der Waals surface area contributed by atoms with E-state index in [1.807, 2.05) is 0 Å². The van der Waals surface area contributed by atoms with Gasteiger partial charge in [-0.15, -0.1) is 23.5 Å². The predicted octanol–water partition coefficient (Wildman–Crippen LogP) is 4.92. The number of thioether (sulfide) groups is 2. The number of thiol groups is 2. The molecule has 108 valence electrons. The van der Waals surface area contributed by atoms with E-state index in [2.05, 4.69) is 51.6 Å². The number of hydrogen-bond acceptors (Lipinski definition) is 6. The molecule has 0 aliphatic heterocycles. The van der Waals surface area contributed by atoms with Crippen LogP contribution in [0, 0.1) is 0 Å². The summed E-state index contributed by atoms with van der Waals surface area (Å²) in [4.78, 5) is 4.31. The van der Waals surface area contributed by atoms with Gasteiger partial charge in [-0.05, 0) is 37.5 Å². The molecule has 0 radical (unpaired) electrons. The van der Waals surface area contributed by atoms with Gasteiger partial charge >= 0.3 is 0 Å². The lowest BCUT2D eigenvalue weighted by Crippen LogP contribution is -2.15. The molecule has 6 heteroatoms. The Labute approximate surface area is 151 Å². The third kappa shape index (κ3) is 2.50. The molecule has 2 unspecified atom stereocenters. The van der Waals surface area contributed by atoms with Crippen molar-refractivity contribution in [3.8, 4) is 0 Å². The molecule has 2 atom stereocenters. The van der Waals surface area contributed by atoms with Gasteiger partial charge in [0.25, 0.3) is 0 Å². The smallest absolute Gasteiger partial charge is 0.0541 e. The van der Waals surface area contributed by atoms with E-state index in [0.717, 1.165) is 15.3 Å². The largest absolute Gasteiger partial charge is 0.169 e. The molecule has 20 heavy (non-hydrogen) atoms. The van der Waals surface area contributed by atoms with Crippen LogP contribution in [0.2, 0.25) is 0 Å². The summed E-state index contributed by atoms with van der Waals surface area (Å²) >= 11 is 23.9. The predicted molar refractivity (Wildman–Crippen MR) is 110 cm³/mol. The molecule has 0 spiro atoms. The maximum absolute atomic E-state index is 5.59. The second-order valence-corrected chi connectivity index (χ2v) is 8.31. The van der Waals surface area contributed by atoms with Crippen LogP contribution >= 0.6 is 73.2 Å². The lowest BCUT2D eigenvalue weighted by Gasteiger charge is -2.11. The Balaban J connectivity index is 2.74. The zero-order chi connectivity index (χ0) is 15.2. The van der Waals surface area contributed by atoms with Gasteiger partial charge in [0.15, 0.2) is 0 Å². The number of hydrogen-bond donors (Lipinski definition) is 2. The molecule has 0 nitrogen and oxygen atoms in total. The van der Waals surface area contributed by atoms with Gasteiger partial charge in [-0.2, -0.15) is 25.3 Å². The third-order valence-electron chi connectivity index (χ3n) is 3.70. The van der Waals surface area contributed by atoms with E-state index in [-0.39, 0.29) is 10.5 Å². The summed E-state index contributed by atoms with van der Waals surface area (Å²) in [6, 6.07) is 0. The van der Waals surface area contributed by atoms with E-state index in [4.69, 9.17) is 24.4 Å². The molecular formula is C14H16S6. The van der Waals surface area contributed by atoms with Crippen LogP contribution in [-0.4, -0.2) is 32.7 Å². The monoisotopic (exact) mass is 376 g/mol. The van der Waals surface area contributed by atoms with Crippen molar-refractivity contribution in [3.63, 3.8) is 0 Å². The third-order valence-corrected chi connectivity index (χ3v) is 8.18. The van der Waals surface area contributed by atoms with Crippen LogP contribution in [0.25, 0.3) is 0 Å². The van der Waals surface area contributed by atoms with E-state index in [1.54, 1.807) is 23.5 Å². The summed E-state index contributed by atoms with van der Waals surface area (Å²) in [5.74, 6) is 0. The van der Waals surface area contributed by atoms with Gasteiger partial charge in [-0.1, -0.05) is 24.4 Å². The van der Waals surface area contributed by atoms with E-state index in [1.165, 1.54) is 26.5 Å². The maximum atomic E-state index is 5.59. The van der Waals surface area contributed by atoms with Gasteiger partial charge in [-0.25, -0.2) is 0 Å². The SMILES string of the molecule is CSC1=C(SC)C(=C2C(=S)C(S)C(S)C2=S)C(C)=C1C. The van der Waals surface area contributed by atoms with Gasteiger partial charge in [0, 0.05) is 30.7 Å². The Hall–Kier alpha value is 0.800. The molecule has 1 fully saturated rings. The van der Waals surface area contributed by atoms with E-state index in [0.29, 0.717) is 0 Å². The minimum absolute atomic E-state index is 0.0575. The standard InChI is InChI=1S/C14H16S6/c1-5-6(2)13(19-3)14(20-4)7(5)8-9(15)11(17)12(18)10(8)16/h11-12,17-18H,1-4H3. The second-order valence-electron chi connectivity index (χ2n) is 4.68. The average Bonchev–Trinajstić information content (AvgIpc) is 2.78. The van der Waals surface area contributed by atoms with Crippen LogP contribution in [0.3, 0.4) is 0 Å². The fourth-order valence-corrected chi connectivity index (χ4v) is 6.07. The second kappa shape index (κ2) is 6.50. The van der Waals surface area contributed by atoms with Crippen molar-refractivity contribution in [3.05, 3.63) is 32.1 Å². The Morgan fingerprint density at radius 1 is 0.800 bits per heavy atom. The highest BCUT2D eigenvalue weighted by Gasteiger charge is 2.40. The van der Waals surface area contributed by atoms with Crippen LogP contribution in [0.15, 0.2) is 32.1 Å². The molecule has 2 rings (SSSR count). The summed E-state index contributed by atoms with van der Waals surface area (Å²) in [6.45, 7) is 4.32. The van der Waals surface area contributed by atoms with Crippen molar-refractivity contribution in [2.45, 2.75) is 24.3 Å². The van der Waals surface area contributed by atoms with Crippen molar-refractivity contribution in [2.75, 3.05) is 12.5 Å². The van der Waals surface area contributed by atoms with Crippen molar-refractivity contribution in [1.82, 2.24) is 0 Å². The van der Waals surface area contributed by atoms with Gasteiger partial charge in [0.05, 0.1) is 10.5 Å². The molecule has 0 N–H and O–H groups in total. The topological polar surface area (TPSA) is 0 Å². The lowest BCUT2D eigenvalue weighted by atomic mass is 10.0. The fourth-order valence-electron chi connectivity index (χ4n) is 2.50. The molecule has 0 aromatic rings.